The van der Waals surface area contributed by atoms with E-state index in [0.717, 1.165) is 0 Å². The average Bonchev–Trinajstić information content (AvgIpc) is 2.14. The molecule has 0 aromatic heterocycles. The standard InChI is InChI=1S/C12H29N2O2P/c1-9(2)13(10(3)4)15-17-16-14(11(5)6)12(7)8/h9-12,17H,1-8H3. The largest absolute Gasteiger partial charge is 0.248 e. The zero-order chi connectivity index (χ0) is 13.6. The van der Waals surface area contributed by atoms with E-state index in [2.05, 4.69) is 55.4 Å². The molecule has 17 heavy (non-hydrogen) atoms. The van der Waals surface area contributed by atoms with Crippen LogP contribution in [0.2, 0.25) is 0 Å². The second-order valence-electron chi connectivity index (χ2n) is 5.36. The monoisotopic (exact) mass is 264 g/mol. The Labute approximate surface area is 108 Å². The molecule has 0 bridgehead atoms. The van der Waals surface area contributed by atoms with Gasteiger partial charge in [-0.05, 0) is 55.4 Å². The summed E-state index contributed by atoms with van der Waals surface area (Å²) in [4.78, 5) is 0. The van der Waals surface area contributed by atoms with E-state index in [4.69, 9.17) is 9.25 Å². The number of rotatable bonds is 8. The molecule has 0 radical (unpaired) electrons. The van der Waals surface area contributed by atoms with Gasteiger partial charge in [0, 0.05) is 24.2 Å². The minimum absolute atomic E-state index is 0.0159. The Hall–Kier alpha value is 0.270. The molecule has 0 aliphatic heterocycles. The molecule has 4 nitrogen and oxygen atoms in total. The summed E-state index contributed by atoms with van der Waals surface area (Å²) in [6, 6.07) is 1.44. The van der Waals surface area contributed by atoms with Crippen LogP contribution in [0.5, 0.6) is 0 Å². The molecule has 0 heterocycles. The normalized spacial score (nSPS) is 13.1. The molecule has 0 spiro atoms. The third-order valence-corrected chi connectivity index (χ3v) is 2.89. The van der Waals surface area contributed by atoms with E-state index < -0.39 is 0 Å². The van der Waals surface area contributed by atoms with Crippen LogP contribution in [-0.4, -0.2) is 34.3 Å². The lowest BCUT2D eigenvalue weighted by Gasteiger charge is -2.32. The van der Waals surface area contributed by atoms with Crippen LogP contribution in [0, 0.1) is 0 Å². The molecule has 5 heteroatoms. The summed E-state index contributed by atoms with van der Waals surface area (Å²) < 4.78 is 11.4. The highest BCUT2D eigenvalue weighted by Crippen LogP contribution is 2.24. The molecule has 0 fully saturated rings. The van der Waals surface area contributed by atoms with E-state index >= 15 is 0 Å². The Kier molecular flexibility index (Phi) is 8.52. The predicted molar refractivity (Wildman–Crippen MR) is 74.7 cm³/mol. The van der Waals surface area contributed by atoms with E-state index in [1.807, 2.05) is 10.1 Å². The quantitative estimate of drug-likeness (QED) is 0.494. The molecule has 0 aliphatic rings. The van der Waals surface area contributed by atoms with E-state index in [1.54, 1.807) is 0 Å². The first-order valence-corrected chi connectivity index (χ1v) is 7.24. The van der Waals surface area contributed by atoms with Crippen LogP contribution in [0.15, 0.2) is 0 Å². The fourth-order valence-electron chi connectivity index (χ4n) is 1.72. The summed E-state index contributed by atoms with van der Waals surface area (Å²) in [5.74, 6) is 0. The lowest BCUT2D eigenvalue weighted by molar-refractivity contribution is -0.150. The van der Waals surface area contributed by atoms with Crippen molar-refractivity contribution in [3.63, 3.8) is 0 Å². The summed E-state index contributed by atoms with van der Waals surface area (Å²) in [7, 11) is 0.0159. The van der Waals surface area contributed by atoms with Gasteiger partial charge in [-0.1, -0.05) is 0 Å². The number of nitrogens with zero attached hydrogens (tertiary/aromatic N) is 2. The van der Waals surface area contributed by atoms with Crippen molar-refractivity contribution in [2.75, 3.05) is 0 Å². The van der Waals surface area contributed by atoms with Crippen molar-refractivity contribution in [2.24, 2.45) is 0 Å². The van der Waals surface area contributed by atoms with Crippen LogP contribution >= 0.6 is 9.03 Å². The minimum Gasteiger partial charge on any atom is -0.248 e. The summed E-state index contributed by atoms with van der Waals surface area (Å²) in [5, 5.41) is 3.94. The van der Waals surface area contributed by atoms with Crippen LogP contribution in [0.25, 0.3) is 0 Å². The van der Waals surface area contributed by atoms with Crippen LogP contribution in [0.1, 0.15) is 55.4 Å². The lowest BCUT2D eigenvalue weighted by Crippen LogP contribution is -2.37. The summed E-state index contributed by atoms with van der Waals surface area (Å²) in [5.41, 5.74) is 0. The van der Waals surface area contributed by atoms with Gasteiger partial charge in [0.2, 0.25) is 0 Å². The number of hydrogen-bond donors (Lipinski definition) is 0. The van der Waals surface area contributed by atoms with Gasteiger partial charge in [-0.25, -0.2) is 9.25 Å². The maximum absolute atomic E-state index is 5.69. The average molecular weight is 264 g/mol. The molecule has 0 aromatic rings. The van der Waals surface area contributed by atoms with Crippen LogP contribution in [0.3, 0.4) is 0 Å². The lowest BCUT2D eigenvalue weighted by atomic mass is 10.3. The van der Waals surface area contributed by atoms with Crippen LogP contribution in [0.4, 0.5) is 0 Å². The zero-order valence-electron chi connectivity index (χ0n) is 12.5. The molecule has 0 N–H and O–H groups in total. The van der Waals surface area contributed by atoms with Crippen molar-refractivity contribution in [1.29, 1.82) is 0 Å². The van der Waals surface area contributed by atoms with E-state index in [9.17, 15) is 0 Å². The molecule has 0 aliphatic carbocycles. The van der Waals surface area contributed by atoms with Gasteiger partial charge in [0.05, 0.1) is 0 Å². The molecular formula is C12H29N2O2P. The molecule has 104 valence electrons. The Bertz CT molecular complexity index is 163. The second-order valence-corrected chi connectivity index (χ2v) is 5.89. The van der Waals surface area contributed by atoms with Gasteiger partial charge in [-0.3, -0.25) is 0 Å². The highest BCUT2D eigenvalue weighted by molar-refractivity contribution is 7.26. The maximum Gasteiger partial charge on any atom is 0.200 e. The third-order valence-electron chi connectivity index (χ3n) is 2.32. The van der Waals surface area contributed by atoms with Crippen molar-refractivity contribution in [1.82, 2.24) is 10.1 Å². The molecule has 0 saturated heterocycles. The second kappa shape index (κ2) is 8.39. The van der Waals surface area contributed by atoms with Crippen molar-refractivity contribution < 1.29 is 9.25 Å². The number of hydroxylamine groups is 4. The first kappa shape index (κ1) is 17.3. The van der Waals surface area contributed by atoms with Crippen molar-refractivity contribution in [2.45, 2.75) is 79.6 Å². The van der Waals surface area contributed by atoms with E-state index in [-0.39, 0.29) is 9.03 Å². The Morgan fingerprint density at radius 2 is 0.824 bits per heavy atom. The fraction of sp³-hybridized carbons (Fsp3) is 1.00. The van der Waals surface area contributed by atoms with Crippen molar-refractivity contribution in [3.05, 3.63) is 0 Å². The number of hydrogen-bond acceptors (Lipinski definition) is 4. The topological polar surface area (TPSA) is 24.9 Å². The van der Waals surface area contributed by atoms with Gasteiger partial charge in [0.15, 0.2) is 9.03 Å². The fourth-order valence-corrected chi connectivity index (χ4v) is 2.77. The zero-order valence-corrected chi connectivity index (χ0v) is 13.5. The third kappa shape index (κ3) is 6.68. The van der Waals surface area contributed by atoms with Gasteiger partial charge in [0.1, 0.15) is 0 Å². The van der Waals surface area contributed by atoms with Gasteiger partial charge in [-0.2, -0.15) is 10.1 Å². The van der Waals surface area contributed by atoms with Crippen molar-refractivity contribution >= 4 is 9.03 Å². The highest BCUT2D eigenvalue weighted by atomic mass is 31.1. The SMILES string of the molecule is CC(C)N(OPON(C(C)C)C(C)C)C(C)C. The molecular weight excluding hydrogens is 235 g/mol. The molecule has 0 aromatic carbocycles. The first-order valence-electron chi connectivity index (χ1n) is 6.42. The van der Waals surface area contributed by atoms with Gasteiger partial charge >= 0.3 is 0 Å². The van der Waals surface area contributed by atoms with E-state index in [1.165, 1.54) is 0 Å². The first-order chi connectivity index (χ1) is 7.77. The van der Waals surface area contributed by atoms with Gasteiger partial charge in [0.25, 0.3) is 0 Å². The van der Waals surface area contributed by atoms with Gasteiger partial charge < -0.3 is 0 Å². The summed E-state index contributed by atoms with van der Waals surface area (Å²) >= 11 is 0. The van der Waals surface area contributed by atoms with Crippen LogP contribution in [-0.2, 0) is 9.25 Å². The van der Waals surface area contributed by atoms with Crippen LogP contribution < -0.4 is 0 Å². The molecule has 0 rings (SSSR count). The predicted octanol–water partition coefficient (Wildman–Crippen LogP) is 3.60. The molecule has 0 saturated carbocycles. The summed E-state index contributed by atoms with van der Waals surface area (Å²) in [6.07, 6.45) is 0. The maximum atomic E-state index is 5.69. The smallest absolute Gasteiger partial charge is 0.200 e. The molecule has 0 amide bonds. The Morgan fingerprint density at radius 1 is 0.588 bits per heavy atom. The van der Waals surface area contributed by atoms with Gasteiger partial charge in [-0.15, -0.1) is 0 Å². The Morgan fingerprint density at radius 3 is 1.00 bits per heavy atom. The molecule has 0 atom stereocenters. The van der Waals surface area contributed by atoms with E-state index in [0.29, 0.717) is 24.2 Å². The van der Waals surface area contributed by atoms with Crippen molar-refractivity contribution in [3.8, 4) is 0 Å². The highest BCUT2D eigenvalue weighted by Gasteiger charge is 2.18. The summed E-state index contributed by atoms with van der Waals surface area (Å²) in [6.45, 7) is 16.9. The molecule has 0 unspecified atom stereocenters. The minimum atomic E-state index is 0.0159. The Balaban J connectivity index is 4.10.